The van der Waals surface area contributed by atoms with Crippen molar-refractivity contribution in [2.75, 3.05) is 6.54 Å². The number of nitroso groups, excluding NO2 is 1. The first-order chi connectivity index (χ1) is 13.1. The first-order valence-corrected chi connectivity index (χ1v) is 8.06. The van der Waals surface area contributed by atoms with Crippen LogP contribution in [0.25, 0.3) is 0 Å². The molecule has 0 aliphatic rings. The van der Waals surface area contributed by atoms with Crippen LogP contribution in [0, 0.1) is 4.91 Å². The van der Waals surface area contributed by atoms with Crippen LogP contribution in [0.15, 0.2) is 65.9 Å². The van der Waals surface area contributed by atoms with Gasteiger partial charge < -0.3 is 15.2 Å². The highest BCUT2D eigenvalue weighted by Crippen LogP contribution is 2.05. The number of rotatable bonds is 10. The number of alkyl carbamates (subject to hydrolysis) is 1. The molecule has 9 heteroatoms. The van der Waals surface area contributed by atoms with Crippen LogP contribution in [0.2, 0.25) is 0 Å². The molecule has 2 N–H and O–H groups in total. The number of carboxylic acid groups (broad SMARTS) is 1. The molecular formula is C18H19N3O6. The molecule has 0 unspecified atom stereocenters. The van der Waals surface area contributed by atoms with E-state index in [1.807, 2.05) is 12.1 Å². The molecule has 0 saturated heterocycles. The number of carbonyl (C=O) groups excluding carboxylic acids is 1. The number of aliphatic carboxylic acids is 1. The first kappa shape index (κ1) is 19.9. The van der Waals surface area contributed by atoms with Gasteiger partial charge in [0.1, 0.15) is 13.2 Å². The summed E-state index contributed by atoms with van der Waals surface area (Å²) in [6, 6.07) is 16.4. The van der Waals surface area contributed by atoms with Gasteiger partial charge in [-0.1, -0.05) is 60.7 Å². The van der Waals surface area contributed by atoms with Gasteiger partial charge in [0.25, 0.3) is 0 Å². The Hall–Kier alpha value is -3.46. The molecule has 2 aromatic carbocycles. The molecular weight excluding hydrogens is 354 g/mol. The summed E-state index contributed by atoms with van der Waals surface area (Å²) in [6.07, 6.45) is -0.930. The largest absolute Gasteiger partial charge is 0.480 e. The molecule has 0 fully saturated rings. The van der Waals surface area contributed by atoms with Gasteiger partial charge in [-0.05, 0) is 11.1 Å². The number of hydrogen-bond donors (Lipinski definition) is 2. The van der Waals surface area contributed by atoms with Crippen molar-refractivity contribution in [1.29, 1.82) is 0 Å². The summed E-state index contributed by atoms with van der Waals surface area (Å²) in [6.45, 7) is -0.470. The molecule has 0 saturated carbocycles. The Morgan fingerprint density at radius 2 is 1.56 bits per heavy atom. The number of amides is 1. The number of benzene rings is 2. The molecule has 0 aliphatic heterocycles. The minimum absolute atomic E-state index is 0.0147. The van der Waals surface area contributed by atoms with Crippen LogP contribution in [0.1, 0.15) is 11.1 Å². The number of hydroxylamine groups is 1. The molecule has 0 radical (unpaired) electrons. The third-order valence-corrected chi connectivity index (χ3v) is 3.46. The number of hydrogen-bond acceptors (Lipinski definition) is 6. The molecule has 27 heavy (non-hydrogen) atoms. The lowest BCUT2D eigenvalue weighted by atomic mass is 10.2. The number of nitrogens with zero attached hydrogens (tertiary/aromatic N) is 2. The molecule has 9 nitrogen and oxygen atoms in total. The SMILES string of the molecule is O=NN(C[C@H](NC(=O)OCc1ccccc1)C(=O)O)OCc1ccccc1. The van der Waals surface area contributed by atoms with Gasteiger partial charge in [-0.15, -0.1) is 10.1 Å². The van der Waals surface area contributed by atoms with Crippen LogP contribution >= 0.6 is 0 Å². The third-order valence-electron chi connectivity index (χ3n) is 3.46. The lowest BCUT2D eigenvalue weighted by molar-refractivity contribution is -0.179. The second-order valence-electron chi connectivity index (χ2n) is 5.47. The van der Waals surface area contributed by atoms with Crippen molar-refractivity contribution in [2.45, 2.75) is 19.3 Å². The van der Waals surface area contributed by atoms with Crippen molar-refractivity contribution in [2.24, 2.45) is 5.29 Å². The molecule has 0 aromatic heterocycles. The van der Waals surface area contributed by atoms with Crippen molar-refractivity contribution >= 4 is 12.1 Å². The molecule has 0 bridgehead atoms. The van der Waals surface area contributed by atoms with E-state index in [1.165, 1.54) is 0 Å². The van der Waals surface area contributed by atoms with Crippen LogP contribution in [0.5, 0.6) is 0 Å². The Morgan fingerprint density at radius 1 is 1.00 bits per heavy atom. The molecule has 2 rings (SSSR count). The Labute approximate surface area is 155 Å². The van der Waals surface area contributed by atoms with Gasteiger partial charge in [-0.3, -0.25) is 0 Å². The van der Waals surface area contributed by atoms with E-state index in [0.29, 0.717) is 5.17 Å². The van der Waals surface area contributed by atoms with Gasteiger partial charge in [0.05, 0.1) is 11.8 Å². The molecule has 0 heterocycles. The van der Waals surface area contributed by atoms with E-state index in [9.17, 15) is 19.6 Å². The molecule has 0 spiro atoms. The summed E-state index contributed by atoms with van der Waals surface area (Å²) in [5.74, 6) is -1.36. The third kappa shape index (κ3) is 7.12. The van der Waals surface area contributed by atoms with Gasteiger partial charge in [-0.2, -0.15) is 0 Å². The highest BCUT2D eigenvalue weighted by Gasteiger charge is 2.25. The summed E-state index contributed by atoms with van der Waals surface area (Å²) in [4.78, 5) is 39.2. The zero-order valence-electron chi connectivity index (χ0n) is 14.4. The van der Waals surface area contributed by atoms with E-state index < -0.39 is 24.6 Å². The minimum Gasteiger partial charge on any atom is -0.480 e. The maximum absolute atomic E-state index is 11.8. The van der Waals surface area contributed by atoms with Crippen LogP contribution in [-0.2, 0) is 27.6 Å². The molecule has 1 atom stereocenters. The van der Waals surface area contributed by atoms with Gasteiger partial charge in [0, 0.05) is 0 Å². The fourth-order valence-corrected chi connectivity index (χ4v) is 2.08. The van der Waals surface area contributed by atoms with Crippen molar-refractivity contribution in [3.8, 4) is 0 Å². The highest BCUT2D eigenvalue weighted by atomic mass is 16.7. The maximum Gasteiger partial charge on any atom is 0.408 e. The normalized spacial score (nSPS) is 11.3. The van der Waals surface area contributed by atoms with E-state index >= 15 is 0 Å². The Bertz CT molecular complexity index is 741. The van der Waals surface area contributed by atoms with Gasteiger partial charge in [-0.25, -0.2) is 14.4 Å². The van der Waals surface area contributed by atoms with Crippen LogP contribution < -0.4 is 5.32 Å². The molecule has 0 aliphatic carbocycles. The van der Waals surface area contributed by atoms with Gasteiger partial charge in [0.15, 0.2) is 6.04 Å². The predicted molar refractivity (Wildman–Crippen MR) is 94.9 cm³/mol. The van der Waals surface area contributed by atoms with Crippen LogP contribution in [-0.4, -0.2) is 34.9 Å². The quantitative estimate of drug-likeness (QED) is 0.485. The summed E-state index contributed by atoms with van der Waals surface area (Å²) in [5.41, 5.74) is 1.52. The summed E-state index contributed by atoms with van der Waals surface area (Å²) >= 11 is 0. The Kier molecular flexibility index (Phi) is 7.73. The standard InChI is InChI=1S/C18H19N3O6/c22-17(23)16(19-18(24)26-12-14-7-3-1-4-8-14)11-21(20-25)27-13-15-9-5-2-6-10-15/h1-10,16H,11-13H2,(H,19,24)(H,22,23)/t16-/m0/s1. The summed E-state index contributed by atoms with van der Waals surface area (Å²) in [5, 5.41) is 14.6. The lowest BCUT2D eigenvalue weighted by Gasteiger charge is -2.20. The second kappa shape index (κ2) is 10.5. The number of carbonyl (C=O) groups is 2. The van der Waals surface area contributed by atoms with Crippen molar-refractivity contribution in [3.05, 3.63) is 76.7 Å². The van der Waals surface area contributed by atoms with E-state index in [0.717, 1.165) is 11.1 Å². The molecule has 142 valence electrons. The smallest absolute Gasteiger partial charge is 0.408 e. The second-order valence-corrected chi connectivity index (χ2v) is 5.47. The maximum atomic E-state index is 11.8. The Balaban J connectivity index is 1.84. The van der Waals surface area contributed by atoms with Crippen molar-refractivity contribution in [3.63, 3.8) is 0 Å². The van der Waals surface area contributed by atoms with E-state index in [2.05, 4.69) is 10.6 Å². The van der Waals surface area contributed by atoms with E-state index in [4.69, 9.17) is 9.57 Å². The average molecular weight is 373 g/mol. The van der Waals surface area contributed by atoms with Crippen molar-refractivity contribution in [1.82, 2.24) is 10.5 Å². The first-order valence-electron chi connectivity index (χ1n) is 8.06. The molecule has 1 amide bonds. The summed E-state index contributed by atoms with van der Waals surface area (Å²) < 4.78 is 4.97. The fraction of sp³-hybridized carbons (Fsp3) is 0.222. The van der Waals surface area contributed by atoms with Crippen molar-refractivity contribution < 1.29 is 24.3 Å². The summed E-state index contributed by atoms with van der Waals surface area (Å²) in [7, 11) is 0. The Morgan fingerprint density at radius 3 is 2.07 bits per heavy atom. The monoisotopic (exact) mass is 373 g/mol. The minimum atomic E-state index is -1.44. The topological polar surface area (TPSA) is 118 Å². The van der Waals surface area contributed by atoms with E-state index in [1.54, 1.807) is 48.5 Å². The lowest BCUT2D eigenvalue weighted by Crippen LogP contribution is -2.47. The van der Waals surface area contributed by atoms with Crippen LogP contribution in [0.3, 0.4) is 0 Å². The van der Waals surface area contributed by atoms with E-state index in [-0.39, 0.29) is 13.2 Å². The van der Waals surface area contributed by atoms with Gasteiger partial charge >= 0.3 is 12.1 Å². The predicted octanol–water partition coefficient (Wildman–Crippen LogP) is 2.48. The fourth-order valence-electron chi connectivity index (χ4n) is 2.08. The zero-order valence-corrected chi connectivity index (χ0v) is 14.4. The number of nitrogens with one attached hydrogen (secondary N) is 1. The average Bonchev–Trinajstić information content (AvgIpc) is 2.70. The van der Waals surface area contributed by atoms with Crippen LogP contribution in [0.4, 0.5) is 4.79 Å². The molecule has 2 aromatic rings. The zero-order chi connectivity index (χ0) is 19.5. The number of ether oxygens (including phenoxy) is 1. The highest BCUT2D eigenvalue weighted by molar-refractivity contribution is 5.80. The van der Waals surface area contributed by atoms with Gasteiger partial charge in [0.2, 0.25) is 0 Å². The number of carboxylic acids is 1.